The minimum absolute atomic E-state index is 0.273. The number of hydrogen-bond donors (Lipinski definition) is 0. The molecule has 31 heavy (non-hydrogen) atoms. The molecule has 164 valence electrons. The Balaban J connectivity index is 2.11. The number of carbonyl (C=O) groups is 2. The van der Waals surface area contributed by atoms with Crippen LogP contribution >= 0.6 is 0 Å². The lowest BCUT2D eigenvalue weighted by Crippen LogP contribution is -2.46. The third kappa shape index (κ3) is 4.26. The van der Waals surface area contributed by atoms with Gasteiger partial charge in [0.2, 0.25) is 0 Å². The van der Waals surface area contributed by atoms with Gasteiger partial charge in [0.1, 0.15) is 16.9 Å². The van der Waals surface area contributed by atoms with E-state index in [4.69, 9.17) is 18.6 Å². The van der Waals surface area contributed by atoms with Gasteiger partial charge in [-0.05, 0) is 59.7 Å². The van der Waals surface area contributed by atoms with E-state index in [1.54, 1.807) is 71.9 Å². The summed E-state index contributed by atoms with van der Waals surface area (Å²) in [6.07, 6.45) is 1.47. The van der Waals surface area contributed by atoms with Crippen LogP contribution in [0.1, 0.15) is 53.2 Å². The smallest absolute Gasteiger partial charge is 0.336 e. The van der Waals surface area contributed by atoms with Crippen molar-refractivity contribution in [1.29, 1.82) is 0 Å². The lowest BCUT2D eigenvalue weighted by atomic mass is 9.93. The summed E-state index contributed by atoms with van der Waals surface area (Å²) < 4.78 is 23.1. The highest BCUT2D eigenvalue weighted by atomic mass is 16.6. The van der Waals surface area contributed by atoms with Crippen molar-refractivity contribution in [1.82, 2.24) is 0 Å². The van der Waals surface area contributed by atoms with E-state index in [-0.39, 0.29) is 5.58 Å². The third-order valence-corrected chi connectivity index (χ3v) is 5.39. The largest absolute Gasteiger partial charge is 0.481 e. The molecule has 1 aliphatic rings. The van der Waals surface area contributed by atoms with E-state index in [1.165, 1.54) is 6.07 Å². The molecule has 3 rings (SSSR count). The zero-order valence-electron chi connectivity index (χ0n) is 18.5. The Bertz CT molecular complexity index is 1150. The first kappa shape index (κ1) is 22.3. The van der Waals surface area contributed by atoms with Crippen molar-refractivity contribution in [3.8, 4) is 5.75 Å². The van der Waals surface area contributed by atoms with Crippen molar-refractivity contribution in [3.05, 3.63) is 63.5 Å². The van der Waals surface area contributed by atoms with Crippen LogP contribution in [0.25, 0.3) is 11.0 Å². The van der Waals surface area contributed by atoms with Gasteiger partial charge in [0.15, 0.2) is 12.2 Å². The van der Waals surface area contributed by atoms with E-state index in [0.717, 1.165) is 0 Å². The molecule has 0 radical (unpaired) electrons. The minimum Gasteiger partial charge on any atom is -0.481 e. The molecule has 2 heterocycles. The number of carbonyl (C=O) groups excluding carboxylic acids is 2. The number of esters is 2. The van der Waals surface area contributed by atoms with Crippen LogP contribution in [-0.2, 0) is 19.1 Å². The number of benzene rings is 1. The van der Waals surface area contributed by atoms with Gasteiger partial charge < -0.3 is 18.6 Å². The van der Waals surface area contributed by atoms with E-state index in [0.29, 0.717) is 27.8 Å². The number of fused-ring (bicyclic) bond motifs is 3. The Morgan fingerprint density at radius 3 is 2.26 bits per heavy atom. The molecule has 2 aromatic rings. The molecule has 7 nitrogen and oxygen atoms in total. The van der Waals surface area contributed by atoms with Gasteiger partial charge in [-0.1, -0.05) is 12.2 Å². The molecule has 0 unspecified atom stereocenters. The van der Waals surface area contributed by atoms with Gasteiger partial charge in [0.05, 0.1) is 5.56 Å². The fraction of sp³-hybridized carbons (Fsp3) is 0.375. The van der Waals surface area contributed by atoms with Crippen molar-refractivity contribution in [2.75, 3.05) is 0 Å². The molecule has 1 aliphatic heterocycles. The average Bonchev–Trinajstić information content (AvgIpc) is 3.11. The Hall–Kier alpha value is -3.35. The van der Waals surface area contributed by atoms with Gasteiger partial charge in [-0.2, -0.15) is 0 Å². The van der Waals surface area contributed by atoms with Crippen molar-refractivity contribution >= 4 is 22.9 Å². The van der Waals surface area contributed by atoms with Crippen molar-refractivity contribution in [3.63, 3.8) is 0 Å². The molecule has 0 amide bonds. The second-order valence-corrected chi connectivity index (χ2v) is 7.95. The van der Waals surface area contributed by atoms with Crippen LogP contribution < -0.4 is 10.4 Å². The third-order valence-electron chi connectivity index (χ3n) is 5.39. The molecule has 0 saturated carbocycles. The molecule has 0 N–H and O–H groups in total. The molecule has 0 saturated heterocycles. The molecule has 7 heteroatoms. The summed E-state index contributed by atoms with van der Waals surface area (Å²) in [7, 11) is 0. The highest BCUT2D eigenvalue weighted by Crippen LogP contribution is 2.47. The molecular formula is C24H26O7. The zero-order valence-corrected chi connectivity index (χ0v) is 18.5. The summed E-state index contributed by atoms with van der Waals surface area (Å²) in [6, 6.07) is 6.42. The van der Waals surface area contributed by atoms with Gasteiger partial charge in [0.25, 0.3) is 0 Å². The van der Waals surface area contributed by atoms with Crippen LogP contribution in [0, 0.1) is 0 Å². The SMILES string of the molecule is C/C=C(\C)C(=O)O[C@@H]1c2c(ccc3ccc(=O)oc23)O[C@@H]1C(C)(C)OC(=O)/C(C)=C/C. The van der Waals surface area contributed by atoms with Gasteiger partial charge >= 0.3 is 17.6 Å². The van der Waals surface area contributed by atoms with Crippen LogP contribution in [0.4, 0.5) is 0 Å². The number of allylic oxidation sites excluding steroid dienone is 2. The minimum atomic E-state index is -1.17. The highest BCUT2D eigenvalue weighted by molar-refractivity contribution is 5.89. The zero-order chi connectivity index (χ0) is 22.9. The Morgan fingerprint density at radius 1 is 1.00 bits per heavy atom. The predicted molar refractivity (Wildman–Crippen MR) is 115 cm³/mol. The summed E-state index contributed by atoms with van der Waals surface area (Å²) in [4.78, 5) is 37.0. The van der Waals surface area contributed by atoms with Gasteiger partial charge in [-0.3, -0.25) is 0 Å². The topological polar surface area (TPSA) is 92.0 Å². The predicted octanol–water partition coefficient (Wildman–Crippen LogP) is 4.39. The lowest BCUT2D eigenvalue weighted by molar-refractivity contribution is -0.172. The second-order valence-electron chi connectivity index (χ2n) is 7.95. The van der Waals surface area contributed by atoms with Crippen LogP contribution in [0.15, 0.2) is 56.8 Å². The van der Waals surface area contributed by atoms with Crippen LogP contribution in [-0.4, -0.2) is 23.6 Å². The quantitative estimate of drug-likeness (QED) is 0.398. The summed E-state index contributed by atoms with van der Waals surface area (Å²) in [5.41, 5.74) is -0.143. The molecule has 0 aliphatic carbocycles. The standard InChI is InChI=1S/C24H26O7/c1-7-13(3)22(26)30-20-18-16(11-9-15-10-12-17(25)29-19(15)18)28-21(20)24(5,6)31-23(27)14(4)8-2/h7-12,20-21H,1-6H3/b13-7+,14-8+/t20-,21+/m1/s1. The Morgan fingerprint density at radius 2 is 1.61 bits per heavy atom. The molecule has 1 aromatic carbocycles. The van der Waals surface area contributed by atoms with Crippen molar-refractivity contribution < 1.29 is 28.2 Å². The van der Waals surface area contributed by atoms with Gasteiger partial charge in [-0.25, -0.2) is 14.4 Å². The van der Waals surface area contributed by atoms with Gasteiger partial charge in [0, 0.05) is 22.6 Å². The van der Waals surface area contributed by atoms with Crippen LogP contribution in [0.2, 0.25) is 0 Å². The summed E-state index contributed by atoms with van der Waals surface area (Å²) in [5, 5.41) is 0.658. The van der Waals surface area contributed by atoms with Crippen molar-refractivity contribution in [2.24, 2.45) is 0 Å². The molecule has 0 bridgehead atoms. The first-order valence-corrected chi connectivity index (χ1v) is 10.0. The fourth-order valence-corrected chi connectivity index (χ4v) is 3.31. The van der Waals surface area contributed by atoms with Crippen LogP contribution in [0.3, 0.4) is 0 Å². The first-order valence-electron chi connectivity index (χ1n) is 10.0. The van der Waals surface area contributed by atoms with Gasteiger partial charge in [-0.15, -0.1) is 0 Å². The van der Waals surface area contributed by atoms with Crippen molar-refractivity contribution in [2.45, 2.75) is 59.4 Å². The first-order chi connectivity index (χ1) is 14.6. The maximum Gasteiger partial charge on any atom is 0.336 e. The monoisotopic (exact) mass is 426 g/mol. The van der Waals surface area contributed by atoms with E-state index in [2.05, 4.69) is 0 Å². The highest BCUT2D eigenvalue weighted by Gasteiger charge is 2.50. The second kappa shape index (κ2) is 8.41. The van der Waals surface area contributed by atoms with E-state index in [1.807, 2.05) is 0 Å². The molecule has 0 spiro atoms. The molecule has 0 fully saturated rings. The number of ether oxygens (including phenoxy) is 3. The Labute approximate surface area is 180 Å². The normalized spacial score (nSPS) is 19.0. The van der Waals surface area contributed by atoms with E-state index < -0.39 is 35.4 Å². The maximum absolute atomic E-state index is 12.6. The summed E-state index contributed by atoms with van der Waals surface area (Å²) >= 11 is 0. The Kier molecular flexibility index (Phi) is 6.06. The van der Waals surface area contributed by atoms with E-state index >= 15 is 0 Å². The molecule has 2 atom stereocenters. The number of hydrogen-bond acceptors (Lipinski definition) is 7. The summed E-state index contributed by atoms with van der Waals surface area (Å²) in [5.74, 6) is -0.649. The summed E-state index contributed by atoms with van der Waals surface area (Å²) in [6.45, 7) is 10.1. The molecular weight excluding hydrogens is 400 g/mol. The average molecular weight is 426 g/mol. The van der Waals surface area contributed by atoms with Crippen LogP contribution in [0.5, 0.6) is 5.75 Å². The molecule has 1 aromatic heterocycles. The maximum atomic E-state index is 12.6. The fourth-order valence-electron chi connectivity index (χ4n) is 3.31. The number of rotatable bonds is 5. The van der Waals surface area contributed by atoms with E-state index in [9.17, 15) is 14.4 Å². The lowest BCUT2D eigenvalue weighted by Gasteiger charge is -2.33.